The summed E-state index contributed by atoms with van der Waals surface area (Å²) in [5.41, 5.74) is 1.75. The average molecular weight is 488 g/mol. The fraction of sp³-hybridized carbons (Fsp3) is 0.421. The molecule has 0 N–H and O–H groups in total. The fourth-order valence-electron chi connectivity index (χ4n) is 2.25. The molecule has 9 heteroatoms. The van der Waals surface area contributed by atoms with Crippen LogP contribution in [0.1, 0.15) is 52.9 Å². The number of rotatable bonds is 2. The van der Waals surface area contributed by atoms with Crippen molar-refractivity contribution in [3.05, 3.63) is 39.0 Å². The molecule has 0 aromatic carbocycles. The van der Waals surface area contributed by atoms with Crippen LogP contribution in [0.2, 0.25) is 15.1 Å². The van der Waals surface area contributed by atoms with E-state index in [9.17, 15) is 0 Å². The summed E-state index contributed by atoms with van der Waals surface area (Å²) in [6.45, 7) is 12.2. The Labute approximate surface area is 189 Å². The zero-order chi connectivity index (χ0) is 20.1. The number of hydrogen-bond acceptors (Lipinski definition) is 5. The molecule has 28 heavy (non-hydrogen) atoms. The molecule has 3 heterocycles. The van der Waals surface area contributed by atoms with Crippen molar-refractivity contribution in [1.82, 2.24) is 15.0 Å². The maximum Gasteiger partial charge on any atom is 0.246 e. The van der Waals surface area contributed by atoms with Gasteiger partial charge in [-0.05, 0) is 0 Å². The van der Waals surface area contributed by atoms with Gasteiger partial charge >= 0.3 is 0 Å². The van der Waals surface area contributed by atoms with Gasteiger partial charge < -0.3 is 8.83 Å². The van der Waals surface area contributed by atoms with E-state index in [-0.39, 0.29) is 65.8 Å². The van der Waals surface area contributed by atoms with E-state index in [4.69, 9.17) is 43.6 Å². The topological polar surface area (TPSA) is 65.0 Å². The normalized spacial score (nSPS) is 12.2. The summed E-state index contributed by atoms with van der Waals surface area (Å²) >= 11 is 19.1. The quantitative estimate of drug-likeness (QED) is 0.391. The zero-order valence-corrected chi connectivity index (χ0v) is 19.6. The molecular formula is C19H20Cl3CoN3O2. The van der Waals surface area contributed by atoms with Gasteiger partial charge in [-0.1, -0.05) is 76.3 Å². The van der Waals surface area contributed by atoms with Gasteiger partial charge in [0.1, 0.15) is 23.9 Å². The van der Waals surface area contributed by atoms with E-state index in [1.807, 2.05) is 41.5 Å². The van der Waals surface area contributed by atoms with Crippen molar-refractivity contribution in [2.45, 2.75) is 52.4 Å². The standard InChI is InChI=1S/C19H20Cl3N3O2.Co/c1-18(2,3)9-7-26-16(23-9)14-12(21)11(20)13(22)15(25-14)17-24-10(8-27-17)19(4,5)6;/h7-8H,1-6H3;. The van der Waals surface area contributed by atoms with Gasteiger partial charge in [-0.3, -0.25) is 0 Å². The van der Waals surface area contributed by atoms with Crippen LogP contribution in [0, 0.1) is 0 Å². The Morgan fingerprint density at radius 1 is 0.643 bits per heavy atom. The molecule has 0 spiro atoms. The minimum atomic E-state index is -0.183. The summed E-state index contributed by atoms with van der Waals surface area (Å²) in [4.78, 5) is 13.5. The molecule has 0 atom stereocenters. The van der Waals surface area contributed by atoms with Gasteiger partial charge in [0.05, 0.1) is 26.5 Å². The Morgan fingerprint density at radius 3 is 1.29 bits per heavy atom. The van der Waals surface area contributed by atoms with E-state index in [0.29, 0.717) is 0 Å². The molecule has 0 aliphatic heterocycles. The van der Waals surface area contributed by atoms with Gasteiger partial charge in [-0.2, -0.15) is 0 Å². The molecule has 1 radical (unpaired) electrons. The third-order valence-corrected chi connectivity index (χ3v) is 5.28. The van der Waals surface area contributed by atoms with E-state index in [1.165, 1.54) is 0 Å². The molecule has 0 saturated heterocycles. The first kappa shape index (κ1) is 23.2. The summed E-state index contributed by atoms with van der Waals surface area (Å²) in [5, 5.41) is 0.468. The molecule has 0 aliphatic rings. The van der Waals surface area contributed by atoms with Crippen molar-refractivity contribution in [3.8, 4) is 23.2 Å². The van der Waals surface area contributed by atoms with Crippen LogP contribution in [-0.2, 0) is 27.6 Å². The molecule has 0 fully saturated rings. The van der Waals surface area contributed by atoms with E-state index >= 15 is 0 Å². The Morgan fingerprint density at radius 2 is 1.00 bits per heavy atom. The summed E-state index contributed by atoms with van der Waals surface area (Å²) in [6.07, 6.45) is 3.16. The van der Waals surface area contributed by atoms with Crippen LogP contribution in [-0.4, -0.2) is 15.0 Å². The van der Waals surface area contributed by atoms with Gasteiger partial charge in [0.15, 0.2) is 0 Å². The van der Waals surface area contributed by atoms with Crippen LogP contribution in [0.4, 0.5) is 0 Å². The van der Waals surface area contributed by atoms with Crippen LogP contribution in [0.25, 0.3) is 23.2 Å². The Kier molecular flexibility index (Phi) is 6.63. The van der Waals surface area contributed by atoms with Crippen LogP contribution in [0.5, 0.6) is 0 Å². The minimum absolute atomic E-state index is 0. The summed E-state index contributed by atoms with van der Waals surface area (Å²) in [7, 11) is 0. The predicted molar refractivity (Wildman–Crippen MR) is 108 cm³/mol. The molecule has 153 valence electrons. The number of hydrogen-bond donors (Lipinski definition) is 0. The summed E-state index contributed by atoms with van der Waals surface area (Å²) in [6, 6.07) is 0. The Hall–Kier alpha value is -1.05. The Balaban J connectivity index is 0.00000280. The number of halogens is 3. The molecule has 0 amide bonds. The van der Waals surface area contributed by atoms with Crippen molar-refractivity contribution in [2.24, 2.45) is 0 Å². The van der Waals surface area contributed by atoms with Crippen molar-refractivity contribution in [3.63, 3.8) is 0 Å². The van der Waals surface area contributed by atoms with Gasteiger partial charge in [-0.15, -0.1) is 0 Å². The average Bonchev–Trinajstić information content (AvgIpc) is 3.21. The van der Waals surface area contributed by atoms with Crippen LogP contribution < -0.4 is 0 Å². The number of oxazole rings is 2. The van der Waals surface area contributed by atoms with E-state index in [2.05, 4.69) is 15.0 Å². The van der Waals surface area contributed by atoms with Gasteiger partial charge in [-0.25, -0.2) is 15.0 Å². The molecule has 3 aromatic rings. The molecule has 0 unspecified atom stereocenters. The number of aromatic nitrogens is 3. The minimum Gasteiger partial charge on any atom is -0.443 e. The van der Waals surface area contributed by atoms with Gasteiger partial charge in [0.2, 0.25) is 11.8 Å². The summed E-state index contributed by atoms with van der Waals surface area (Å²) in [5.74, 6) is 0.514. The molecule has 0 aliphatic carbocycles. The number of pyridine rings is 1. The third kappa shape index (κ3) is 4.41. The third-order valence-electron chi connectivity index (χ3n) is 3.98. The maximum atomic E-state index is 6.36. The molecule has 0 bridgehead atoms. The van der Waals surface area contributed by atoms with Crippen LogP contribution >= 0.6 is 34.8 Å². The number of nitrogens with zero attached hydrogens (tertiary/aromatic N) is 3. The van der Waals surface area contributed by atoms with Crippen LogP contribution in [0.3, 0.4) is 0 Å². The SMILES string of the molecule is CC(C)(C)c1coc(-c2nc(-c3nc(C(C)(C)C)co3)c(Cl)c(Cl)c2Cl)n1.[Co]. The Bertz CT molecular complexity index is 925. The smallest absolute Gasteiger partial charge is 0.246 e. The first-order valence-electron chi connectivity index (χ1n) is 8.37. The van der Waals surface area contributed by atoms with Gasteiger partial charge in [0.25, 0.3) is 0 Å². The van der Waals surface area contributed by atoms with Gasteiger partial charge in [0, 0.05) is 27.6 Å². The van der Waals surface area contributed by atoms with Crippen molar-refractivity contribution < 1.29 is 25.6 Å². The first-order valence-corrected chi connectivity index (χ1v) is 9.50. The maximum absolute atomic E-state index is 6.36. The molecule has 3 aromatic heterocycles. The first-order chi connectivity index (χ1) is 12.4. The monoisotopic (exact) mass is 486 g/mol. The second-order valence-corrected chi connectivity index (χ2v) is 9.46. The van der Waals surface area contributed by atoms with Crippen molar-refractivity contribution in [2.75, 3.05) is 0 Å². The summed E-state index contributed by atoms with van der Waals surface area (Å²) < 4.78 is 11.2. The molecular weight excluding hydrogens is 468 g/mol. The second kappa shape index (κ2) is 7.99. The zero-order valence-electron chi connectivity index (χ0n) is 16.3. The largest absolute Gasteiger partial charge is 0.443 e. The van der Waals surface area contributed by atoms with Crippen molar-refractivity contribution in [1.29, 1.82) is 0 Å². The van der Waals surface area contributed by atoms with Crippen LogP contribution in [0.15, 0.2) is 21.4 Å². The van der Waals surface area contributed by atoms with E-state index in [1.54, 1.807) is 12.5 Å². The second-order valence-electron chi connectivity index (χ2n) is 8.33. The molecule has 3 rings (SSSR count). The van der Waals surface area contributed by atoms with E-state index in [0.717, 1.165) is 11.4 Å². The molecule has 5 nitrogen and oxygen atoms in total. The molecule has 0 saturated carbocycles. The predicted octanol–water partition coefficient (Wildman–Crippen LogP) is 6.94. The fourth-order valence-corrected chi connectivity index (χ4v) is 2.91. The van der Waals surface area contributed by atoms with E-state index < -0.39 is 0 Å². The van der Waals surface area contributed by atoms with Crippen molar-refractivity contribution >= 4 is 34.8 Å².